The molecule has 244 valence electrons. The van der Waals surface area contributed by atoms with Gasteiger partial charge in [0.15, 0.2) is 0 Å². The fraction of sp³-hybridized carbons (Fsp3) is 0.452. The molecule has 0 saturated carbocycles. The van der Waals surface area contributed by atoms with Gasteiger partial charge in [0.05, 0.1) is 0 Å². The summed E-state index contributed by atoms with van der Waals surface area (Å²) < 4.78 is 13.2. The second-order valence-electron chi connectivity index (χ2n) is 17.3. The molecule has 0 spiro atoms. The molecule has 2 aliphatic carbocycles. The van der Waals surface area contributed by atoms with E-state index in [4.69, 9.17) is 4.21 Å². The molecule has 0 nitrogen and oxygen atoms in total. The Hall–Kier alpha value is -1.53. The van der Waals surface area contributed by atoms with Crippen molar-refractivity contribution in [3.8, 4) is 11.1 Å². The fourth-order valence-electron chi connectivity index (χ4n) is 8.54. The first-order valence-corrected chi connectivity index (χ1v) is 24.5. The summed E-state index contributed by atoms with van der Waals surface area (Å²) in [5.41, 5.74) is 13.5. The predicted molar refractivity (Wildman–Crippen MR) is 204 cm³/mol. The van der Waals surface area contributed by atoms with Gasteiger partial charge >= 0.3 is 266 Å². The number of fused-ring (bicyclic) bond motifs is 3. The number of rotatable bonds is 4. The Balaban J connectivity index is 0.00000276. The molecule has 0 radical (unpaired) electrons. The van der Waals surface area contributed by atoms with Crippen LogP contribution in [0.25, 0.3) is 11.1 Å². The van der Waals surface area contributed by atoms with Gasteiger partial charge in [-0.25, -0.2) is 0 Å². The van der Waals surface area contributed by atoms with Gasteiger partial charge in [0, 0.05) is 0 Å². The van der Waals surface area contributed by atoms with E-state index in [1.165, 1.54) is 36.7 Å². The van der Waals surface area contributed by atoms with Gasteiger partial charge in [0.2, 0.25) is 0 Å². The Morgan fingerprint density at radius 3 is 1.87 bits per heavy atom. The van der Waals surface area contributed by atoms with Crippen LogP contribution in [0, 0.1) is 18.3 Å². The summed E-state index contributed by atoms with van der Waals surface area (Å²) in [5.74, 6) is 0.374. The molecule has 0 heterocycles. The Morgan fingerprint density at radius 2 is 1.36 bits per heavy atom. The molecule has 0 amide bonds. The van der Waals surface area contributed by atoms with Gasteiger partial charge in [-0.05, 0) is 0 Å². The summed E-state index contributed by atoms with van der Waals surface area (Å²) in [7, 11) is 0. The molecule has 0 saturated heterocycles. The van der Waals surface area contributed by atoms with Crippen LogP contribution in [0.2, 0.25) is 4.63 Å². The summed E-state index contributed by atoms with van der Waals surface area (Å²) >= 11 is -4.53. The quantitative estimate of drug-likeness (QED) is 0.197. The summed E-state index contributed by atoms with van der Waals surface area (Å²) in [6.45, 7) is 28.4. The van der Waals surface area contributed by atoms with E-state index in [1.54, 1.807) is 23.3 Å². The van der Waals surface area contributed by atoms with Crippen molar-refractivity contribution in [2.75, 3.05) is 0 Å². The average Bonchev–Trinajstić information content (AvgIpc) is 3.44. The van der Waals surface area contributed by atoms with Gasteiger partial charge < -0.3 is 0 Å². The Bertz CT molecular complexity index is 1740. The second-order valence-corrected chi connectivity index (χ2v) is 31.2. The van der Waals surface area contributed by atoms with Crippen LogP contribution in [0.1, 0.15) is 110 Å². The number of hydrogen-bond donors (Lipinski definition) is 0. The normalized spacial score (nSPS) is 16.9. The van der Waals surface area contributed by atoms with Crippen molar-refractivity contribution in [1.82, 2.24) is 0 Å². The third-order valence-electron chi connectivity index (χ3n) is 10.7. The second kappa shape index (κ2) is 12.2. The van der Waals surface area contributed by atoms with Crippen LogP contribution >= 0.6 is 24.8 Å². The summed E-state index contributed by atoms with van der Waals surface area (Å²) in [6, 6.07) is 21.8. The maximum absolute atomic E-state index is 5.71. The van der Waals surface area contributed by atoms with Gasteiger partial charge in [-0.3, -0.25) is 0 Å². The molecular weight excluding hydrogens is 667 g/mol. The van der Waals surface area contributed by atoms with Gasteiger partial charge in [0.25, 0.3) is 0 Å². The van der Waals surface area contributed by atoms with Crippen LogP contribution in [-0.4, -0.2) is 4.21 Å². The van der Waals surface area contributed by atoms with Crippen LogP contribution < -0.4 is 6.54 Å². The number of hydrogen-bond acceptors (Lipinski definition) is 0. The van der Waals surface area contributed by atoms with E-state index in [2.05, 4.69) is 148 Å². The zero-order valence-corrected chi connectivity index (χ0v) is 34.4. The first kappa shape index (κ1) is 37.9. The van der Waals surface area contributed by atoms with Gasteiger partial charge in [-0.2, -0.15) is 0 Å². The SMILES string of the molecule is Cl.Cl.[CH2]=[Zr]([CH3])([C]1=C(CC)C(C(C)(C)C)=CC1C)([c]1ccc(C)cc1)[c]1c(C(C)(C)C)ccc2c1Cc1cc(C(C)(C)C)ccc1-2. The number of aryl methyl sites for hydroxylation is 1. The summed E-state index contributed by atoms with van der Waals surface area (Å²) in [5, 5.41) is 0. The zero-order chi connectivity index (χ0) is 31.9. The molecule has 5 rings (SSSR count). The minimum atomic E-state index is -4.53. The zero-order valence-electron chi connectivity index (χ0n) is 30.3. The van der Waals surface area contributed by atoms with E-state index >= 15 is 0 Å². The van der Waals surface area contributed by atoms with E-state index in [0.29, 0.717) is 5.92 Å². The first-order chi connectivity index (χ1) is 19.7. The Labute approximate surface area is 288 Å². The molecular formula is C42H58Cl2Zr. The third kappa shape index (κ3) is 6.14. The molecule has 3 heteroatoms. The van der Waals surface area contributed by atoms with E-state index < -0.39 is 18.3 Å². The van der Waals surface area contributed by atoms with E-state index in [0.717, 1.165) is 12.8 Å². The van der Waals surface area contributed by atoms with E-state index in [-0.39, 0.29) is 41.1 Å². The van der Waals surface area contributed by atoms with Crippen molar-refractivity contribution >= 4 is 35.6 Å². The Morgan fingerprint density at radius 1 is 0.778 bits per heavy atom. The van der Waals surface area contributed by atoms with Crippen LogP contribution in [0.15, 0.2) is 75.1 Å². The van der Waals surface area contributed by atoms with Gasteiger partial charge in [-0.1, -0.05) is 0 Å². The molecule has 3 aromatic rings. The van der Waals surface area contributed by atoms with E-state index in [1.807, 2.05) is 0 Å². The molecule has 0 fully saturated rings. The van der Waals surface area contributed by atoms with Gasteiger partial charge in [-0.15, -0.1) is 24.8 Å². The molecule has 3 aromatic carbocycles. The molecule has 0 N–H and O–H groups in total. The minimum absolute atomic E-state index is 0. The molecule has 1 unspecified atom stereocenters. The monoisotopic (exact) mass is 722 g/mol. The number of benzene rings is 3. The molecule has 0 aliphatic heterocycles. The maximum atomic E-state index is 5.71. The van der Waals surface area contributed by atoms with Crippen LogP contribution in [0.5, 0.6) is 0 Å². The van der Waals surface area contributed by atoms with Crippen LogP contribution in [-0.2, 0) is 35.5 Å². The van der Waals surface area contributed by atoms with Crippen molar-refractivity contribution in [1.29, 1.82) is 0 Å². The summed E-state index contributed by atoms with van der Waals surface area (Å²) in [6.07, 6.45) is 4.65. The molecule has 0 bridgehead atoms. The third-order valence-corrected chi connectivity index (χ3v) is 25.5. The number of halogens is 2. The van der Waals surface area contributed by atoms with Crippen molar-refractivity contribution in [2.45, 2.75) is 111 Å². The molecule has 2 aliphatic rings. The van der Waals surface area contributed by atoms with Crippen molar-refractivity contribution in [3.63, 3.8) is 0 Å². The predicted octanol–water partition coefficient (Wildman–Crippen LogP) is 11.4. The van der Waals surface area contributed by atoms with Crippen molar-refractivity contribution in [3.05, 3.63) is 103 Å². The standard InChI is InChI=1S/C21H25.C12H19.C7H7.CH3.CH2.2ClH.Zr/c1-20(2,3)16-7-9-18-14(12-16)11-15-13-17(21(4,5)6)8-10-19(15)18;1-6-10-7-9(2)8-11(10)12(3,4)5;1-7-5-3-2-4-6-7;;;;;/h7-10,12H,11H2,1-6H3;8-9H,6H2,1-5H3;3-6H,1H3;1H3;1H2;2*1H;. The van der Waals surface area contributed by atoms with Crippen molar-refractivity contribution in [2.24, 2.45) is 11.3 Å². The molecule has 0 aromatic heterocycles. The summed E-state index contributed by atoms with van der Waals surface area (Å²) in [4.78, 5) is 0. The van der Waals surface area contributed by atoms with E-state index in [9.17, 15) is 0 Å². The molecule has 45 heavy (non-hydrogen) atoms. The first-order valence-electron chi connectivity index (χ1n) is 16.6. The topological polar surface area (TPSA) is 0 Å². The Kier molecular flexibility index (Phi) is 10.3. The molecule has 1 atom stereocenters. The van der Waals surface area contributed by atoms with Crippen LogP contribution in [0.3, 0.4) is 0 Å². The van der Waals surface area contributed by atoms with Gasteiger partial charge in [0.1, 0.15) is 0 Å². The number of allylic oxidation sites excluding steroid dienone is 4. The fourth-order valence-corrected chi connectivity index (χ4v) is 24.8. The average molecular weight is 725 g/mol. The van der Waals surface area contributed by atoms with Crippen molar-refractivity contribution < 1.29 is 18.3 Å². The van der Waals surface area contributed by atoms with Crippen LogP contribution in [0.4, 0.5) is 0 Å².